The van der Waals surface area contributed by atoms with Crippen molar-refractivity contribution in [3.63, 3.8) is 0 Å². The fraction of sp³-hybridized carbons (Fsp3) is 0.280. The van der Waals surface area contributed by atoms with E-state index in [1.807, 2.05) is 32.0 Å². The number of hydrogen-bond acceptors (Lipinski definition) is 6. The number of benzene rings is 2. The standard InChI is InChI=1S/C25H25NO6/c1-15(2)31-13-12-26-22(16-8-10-18(30-3)11-9-16)21(24(28)25(26)29)23(27)20-14-17-6-4-5-7-19(17)32-20/h4-11,14-15,22,28H,12-13H2,1-3H3. The van der Waals surface area contributed by atoms with E-state index in [2.05, 4.69) is 0 Å². The van der Waals surface area contributed by atoms with Crippen molar-refractivity contribution in [1.82, 2.24) is 4.90 Å². The first-order chi connectivity index (χ1) is 15.4. The summed E-state index contributed by atoms with van der Waals surface area (Å²) in [6, 6.07) is 15.2. The third-order valence-corrected chi connectivity index (χ3v) is 5.41. The van der Waals surface area contributed by atoms with Crippen molar-refractivity contribution in [3.8, 4) is 5.75 Å². The molecule has 2 heterocycles. The smallest absolute Gasteiger partial charge is 0.290 e. The summed E-state index contributed by atoms with van der Waals surface area (Å²) in [5.74, 6) is -0.996. The number of carbonyl (C=O) groups excluding carboxylic acids is 2. The molecule has 1 amide bonds. The summed E-state index contributed by atoms with van der Waals surface area (Å²) in [5, 5.41) is 11.5. The number of ketones is 1. The Labute approximate surface area is 185 Å². The number of methoxy groups -OCH3 is 1. The average Bonchev–Trinajstić information content (AvgIpc) is 3.33. The molecule has 0 saturated carbocycles. The van der Waals surface area contributed by atoms with Gasteiger partial charge in [-0.2, -0.15) is 0 Å². The highest BCUT2D eigenvalue weighted by Gasteiger charge is 2.44. The van der Waals surface area contributed by atoms with E-state index in [1.54, 1.807) is 43.5 Å². The van der Waals surface area contributed by atoms with Crippen molar-refractivity contribution >= 4 is 22.7 Å². The number of furan rings is 1. The van der Waals surface area contributed by atoms with Crippen LogP contribution in [0.4, 0.5) is 0 Å². The Bertz CT molecular complexity index is 1140. The lowest BCUT2D eigenvalue weighted by atomic mass is 9.95. The number of nitrogens with zero attached hydrogens (tertiary/aromatic N) is 1. The molecule has 1 N–H and O–H groups in total. The average molecular weight is 435 g/mol. The SMILES string of the molecule is COc1ccc(C2C(C(=O)c3cc4ccccc4o3)=C(O)C(=O)N2CCOC(C)C)cc1. The quantitative estimate of drug-likeness (QED) is 0.526. The number of aliphatic hydroxyl groups excluding tert-OH is 1. The Balaban J connectivity index is 1.74. The van der Waals surface area contributed by atoms with Crippen molar-refractivity contribution in [1.29, 1.82) is 0 Å². The van der Waals surface area contributed by atoms with Crippen molar-refractivity contribution in [2.45, 2.75) is 26.0 Å². The third-order valence-electron chi connectivity index (χ3n) is 5.41. The lowest BCUT2D eigenvalue weighted by Crippen LogP contribution is -2.34. The molecule has 166 valence electrons. The second-order valence-corrected chi connectivity index (χ2v) is 7.83. The minimum Gasteiger partial charge on any atom is -0.503 e. The minimum absolute atomic E-state index is 0.00894. The third kappa shape index (κ3) is 3.99. The summed E-state index contributed by atoms with van der Waals surface area (Å²) in [7, 11) is 1.56. The fourth-order valence-electron chi connectivity index (χ4n) is 3.86. The first-order valence-corrected chi connectivity index (χ1v) is 10.4. The van der Waals surface area contributed by atoms with Crippen molar-refractivity contribution in [2.24, 2.45) is 0 Å². The molecule has 0 bridgehead atoms. The second kappa shape index (κ2) is 8.88. The molecule has 2 aromatic carbocycles. The van der Waals surface area contributed by atoms with Crippen LogP contribution in [0.1, 0.15) is 36.0 Å². The molecule has 1 aromatic heterocycles. The first-order valence-electron chi connectivity index (χ1n) is 10.4. The highest BCUT2D eigenvalue weighted by Crippen LogP contribution is 2.39. The van der Waals surface area contributed by atoms with Crippen molar-refractivity contribution < 1.29 is 28.6 Å². The van der Waals surface area contributed by atoms with Gasteiger partial charge >= 0.3 is 0 Å². The van der Waals surface area contributed by atoms with Crippen LogP contribution in [0.3, 0.4) is 0 Å². The molecule has 1 atom stereocenters. The molecule has 32 heavy (non-hydrogen) atoms. The van der Waals surface area contributed by atoms with E-state index >= 15 is 0 Å². The summed E-state index contributed by atoms with van der Waals surface area (Å²) in [4.78, 5) is 27.9. The molecule has 7 nitrogen and oxygen atoms in total. The highest BCUT2D eigenvalue weighted by atomic mass is 16.5. The van der Waals surface area contributed by atoms with Crippen LogP contribution in [0.25, 0.3) is 11.0 Å². The van der Waals surface area contributed by atoms with Gasteiger partial charge in [0, 0.05) is 11.9 Å². The van der Waals surface area contributed by atoms with Gasteiger partial charge in [-0.05, 0) is 43.7 Å². The summed E-state index contributed by atoms with van der Waals surface area (Å²) in [5.41, 5.74) is 1.22. The molecule has 1 aliphatic rings. The molecule has 1 unspecified atom stereocenters. The maximum Gasteiger partial charge on any atom is 0.290 e. The number of amides is 1. The van der Waals surface area contributed by atoms with E-state index in [9.17, 15) is 14.7 Å². The van der Waals surface area contributed by atoms with Crippen LogP contribution in [0.5, 0.6) is 5.75 Å². The molecule has 0 fully saturated rings. The van der Waals surface area contributed by atoms with Crippen LogP contribution in [0, 0.1) is 0 Å². The zero-order valence-electron chi connectivity index (χ0n) is 18.2. The first kappa shape index (κ1) is 21.6. The van der Waals surface area contributed by atoms with E-state index in [4.69, 9.17) is 13.9 Å². The number of Topliss-reactive ketones (excluding diaryl/α,β-unsaturated/α-hetero) is 1. The van der Waals surface area contributed by atoms with Gasteiger partial charge in [0.1, 0.15) is 11.3 Å². The van der Waals surface area contributed by atoms with Gasteiger partial charge in [0.25, 0.3) is 5.91 Å². The summed E-state index contributed by atoms with van der Waals surface area (Å²) in [6.45, 7) is 4.29. The number of hydrogen-bond donors (Lipinski definition) is 1. The van der Waals surface area contributed by atoms with Crippen molar-refractivity contribution in [3.05, 3.63) is 77.3 Å². The van der Waals surface area contributed by atoms with Gasteiger partial charge in [0.15, 0.2) is 11.5 Å². The summed E-state index contributed by atoms with van der Waals surface area (Å²) >= 11 is 0. The maximum absolute atomic E-state index is 13.5. The van der Waals surface area contributed by atoms with Gasteiger partial charge in [-0.25, -0.2) is 0 Å². The number of fused-ring (bicyclic) bond motifs is 1. The second-order valence-electron chi connectivity index (χ2n) is 7.83. The Morgan fingerprint density at radius 3 is 2.53 bits per heavy atom. The number of para-hydroxylation sites is 1. The van der Waals surface area contributed by atoms with E-state index in [1.165, 1.54) is 4.90 Å². The van der Waals surface area contributed by atoms with E-state index in [0.29, 0.717) is 16.9 Å². The molecule has 1 aliphatic heterocycles. The summed E-state index contributed by atoms with van der Waals surface area (Å²) < 4.78 is 16.6. The van der Waals surface area contributed by atoms with E-state index in [0.717, 1.165) is 5.39 Å². The number of ether oxygens (including phenoxy) is 2. The molecule has 0 spiro atoms. The van der Waals surface area contributed by atoms with Gasteiger partial charge in [0.05, 0.1) is 31.4 Å². The van der Waals surface area contributed by atoms with Crippen molar-refractivity contribution in [2.75, 3.05) is 20.3 Å². The number of aliphatic hydroxyl groups is 1. The van der Waals surface area contributed by atoms with Crippen LogP contribution in [0.2, 0.25) is 0 Å². The van der Waals surface area contributed by atoms with Crippen LogP contribution < -0.4 is 4.74 Å². The Morgan fingerprint density at radius 1 is 1.16 bits per heavy atom. The monoisotopic (exact) mass is 435 g/mol. The topological polar surface area (TPSA) is 89.2 Å². The lowest BCUT2D eigenvalue weighted by molar-refractivity contribution is -0.130. The van der Waals surface area contributed by atoms with Crippen LogP contribution in [0.15, 0.2) is 70.3 Å². The molecular formula is C25H25NO6. The zero-order valence-corrected chi connectivity index (χ0v) is 18.2. The Kier molecular flexibility index (Phi) is 6.01. The normalized spacial score (nSPS) is 16.4. The summed E-state index contributed by atoms with van der Waals surface area (Å²) in [6.07, 6.45) is -0.00894. The van der Waals surface area contributed by atoms with Crippen LogP contribution >= 0.6 is 0 Å². The molecule has 4 rings (SSSR count). The number of carbonyl (C=O) groups is 2. The predicted molar refractivity (Wildman–Crippen MR) is 119 cm³/mol. The van der Waals surface area contributed by atoms with Gasteiger partial charge in [-0.15, -0.1) is 0 Å². The minimum atomic E-state index is -0.773. The number of rotatable bonds is 8. The zero-order chi connectivity index (χ0) is 22.8. The maximum atomic E-state index is 13.5. The Hall–Kier alpha value is -3.58. The predicted octanol–water partition coefficient (Wildman–Crippen LogP) is 4.44. The molecule has 0 saturated heterocycles. The van der Waals surface area contributed by atoms with E-state index in [-0.39, 0.29) is 30.6 Å². The largest absolute Gasteiger partial charge is 0.503 e. The molecular weight excluding hydrogens is 410 g/mol. The molecule has 7 heteroatoms. The van der Waals surface area contributed by atoms with Gasteiger partial charge in [-0.1, -0.05) is 30.3 Å². The van der Waals surface area contributed by atoms with E-state index < -0.39 is 23.5 Å². The lowest BCUT2D eigenvalue weighted by Gasteiger charge is -2.27. The van der Waals surface area contributed by atoms with Crippen LogP contribution in [-0.2, 0) is 9.53 Å². The molecule has 0 radical (unpaired) electrons. The molecule has 0 aliphatic carbocycles. The Morgan fingerprint density at radius 2 is 1.88 bits per heavy atom. The molecule has 3 aromatic rings. The van der Waals surface area contributed by atoms with Gasteiger partial charge < -0.3 is 23.9 Å². The van der Waals surface area contributed by atoms with Gasteiger partial charge in [-0.3, -0.25) is 9.59 Å². The highest BCUT2D eigenvalue weighted by molar-refractivity contribution is 6.16. The fourth-order valence-corrected chi connectivity index (χ4v) is 3.86. The van der Waals surface area contributed by atoms with Crippen LogP contribution in [-0.4, -0.2) is 48.1 Å². The van der Waals surface area contributed by atoms with Gasteiger partial charge in [0.2, 0.25) is 5.78 Å².